The van der Waals surface area contributed by atoms with E-state index in [1.54, 1.807) is 0 Å². The first kappa shape index (κ1) is 16.9. The van der Waals surface area contributed by atoms with Crippen molar-refractivity contribution in [2.75, 3.05) is 32.7 Å². The molecule has 1 saturated heterocycles. The number of likely N-dealkylation sites (tertiary alicyclic amines) is 1. The maximum Gasteiger partial charge on any atom is 0.317 e. The van der Waals surface area contributed by atoms with Crippen LogP contribution in [0.15, 0.2) is 0 Å². The van der Waals surface area contributed by atoms with Crippen LogP contribution >= 0.6 is 0 Å². The van der Waals surface area contributed by atoms with Gasteiger partial charge in [-0.05, 0) is 45.7 Å². The Morgan fingerprint density at radius 2 is 2.15 bits per heavy atom. The molecule has 0 spiro atoms. The van der Waals surface area contributed by atoms with Gasteiger partial charge >= 0.3 is 5.97 Å². The lowest BCUT2D eigenvalue weighted by Crippen LogP contribution is -2.42. The highest BCUT2D eigenvalue weighted by Crippen LogP contribution is 2.15. The van der Waals surface area contributed by atoms with Gasteiger partial charge < -0.3 is 20.6 Å². The SMILES string of the molecule is CC(C)NC(=O)CCN1CCCC(CNCC(=O)O)C1. The molecule has 1 fully saturated rings. The van der Waals surface area contributed by atoms with Gasteiger partial charge in [-0.3, -0.25) is 9.59 Å². The van der Waals surface area contributed by atoms with E-state index in [0.717, 1.165) is 39.0 Å². The van der Waals surface area contributed by atoms with Crippen molar-refractivity contribution in [3.05, 3.63) is 0 Å². The van der Waals surface area contributed by atoms with Crippen molar-refractivity contribution in [2.45, 2.75) is 39.2 Å². The number of carboxylic acid groups (broad SMARTS) is 1. The van der Waals surface area contributed by atoms with Crippen LogP contribution in [-0.4, -0.2) is 60.6 Å². The molecule has 1 aliphatic heterocycles. The van der Waals surface area contributed by atoms with Gasteiger partial charge in [0, 0.05) is 25.6 Å². The molecule has 0 bridgehead atoms. The summed E-state index contributed by atoms with van der Waals surface area (Å²) in [6.07, 6.45) is 2.78. The fraction of sp³-hybridized carbons (Fsp3) is 0.857. The van der Waals surface area contributed by atoms with E-state index >= 15 is 0 Å². The van der Waals surface area contributed by atoms with E-state index in [9.17, 15) is 9.59 Å². The Bertz CT molecular complexity index is 321. The molecule has 0 saturated carbocycles. The summed E-state index contributed by atoms with van der Waals surface area (Å²) in [5.74, 6) is -0.231. The Hall–Kier alpha value is -1.14. The van der Waals surface area contributed by atoms with E-state index in [1.807, 2.05) is 13.8 Å². The molecule has 1 rings (SSSR count). The Morgan fingerprint density at radius 1 is 1.40 bits per heavy atom. The summed E-state index contributed by atoms with van der Waals surface area (Å²) in [4.78, 5) is 24.4. The molecule has 0 aromatic heterocycles. The lowest BCUT2D eigenvalue weighted by molar-refractivity contribution is -0.136. The molecule has 0 radical (unpaired) electrons. The van der Waals surface area contributed by atoms with Crippen LogP contribution in [-0.2, 0) is 9.59 Å². The third-order valence-electron chi connectivity index (χ3n) is 3.42. The molecule has 1 aliphatic rings. The summed E-state index contributed by atoms with van der Waals surface area (Å²) in [6.45, 7) is 7.44. The standard InChI is InChI=1S/C14H27N3O3/c1-11(2)16-13(18)5-7-17-6-3-4-12(10-17)8-15-9-14(19)20/h11-12,15H,3-10H2,1-2H3,(H,16,18)(H,19,20). The van der Waals surface area contributed by atoms with Gasteiger partial charge in [0.2, 0.25) is 5.91 Å². The van der Waals surface area contributed by atoms with E-state index < -0.39 is 5.97 Å². The van der Waals surface area contributed by atoms with Gasteiger partial charge in [0.05, 0.1) is 6.54 Å². The van der Waals surface area contributed by atoms with Crippen LogP contribution in [0.4, 0.5) is 0 Å². The summed E-state index contributed by atoms with van der Waals surface area (Å²) in [5, 5.41) is 14.5. The fourth-order valence-electron chi connectivity index (χ4n) is 2.56. The summed E-state index contributed by atoms with van der Waals surface area (Å²) < 4.78 is 0. The Balaban J connectivity index is 2.20. The van der Waals surface area contributed by atoms with Crippen LogP contribution in [0, 0.1) is 5.92 Å². The third-order valence-corrected chi connectivity index (χ3v) is 3.42. The second kappa shape index (κ2) is 8.92. The van der Waals surface area contributed by atoms with Gasteiger partial charge in [0.1, 0.15) is 0 Å². The Labute approximate surface area is 120 Å². The molecule has 0 aliphatic carbocycles. The summed E-state index contributed by atoms with van der Waals surface area (Å²) in [6, 6.07) is 0.192. The van der Waals surface area contributed by atoms with E-state index in [4.69, 9.17) is 5.11 Å². The predicted octanol–water partition coefficient (Wildman–Crippen LogP) is 0.287. The van der Waals surface area contributed by atoms with Crippen molar-refractivity contribution in [3.8, 4) is 0 Å². The smallest absolute Gasteiger partial charge is 0.317 e. The van der Waals surface area contributed by atoms with Crippen LogP contribution in [0.2, 0.25) is 0 Å². The lowest BCUT2D eigenvalue weighted by Gasteiger charge is -2.32. The van der Waals surface area contributed by atoms with Crippen molar-refractivity contribution >= 4 is 11.9 Å². The van der Waals surface area contributed by atoms with Crippen molar-refractivity contribution in [1.29, 1.82) is 0 Å². The normalized spacial score (nSPS) is 20.1. The fourth-order valence-corrected chi connectivity index (χ4v) is 2.56. The highest BCUT2D eigenvalue weighted by molar-refractivity contribution is 5.76. The molecular formula is C14H27N3O3. The molecule has 1 heterocycles. The lowest BCUT2D eigenvalue weighted by atomic mass is 9.98. The molecule has 1 atom stereocenters. The molecule has 0 aromatic rings. The number of aliphatic carboxylic acids is 1. The van der Waals surface area contributed by atoms with Gasteiger partial charge in [-0.1, -0.05) is 0 Å². The number of carbonyl (C=O) groups excluding carboxylic acids is 1. The zero-order valence-corrected chi connectivity index (χ0v) is 12.5. The first-order chi connectivity index (χ1) is 9.47. The van der Waals surface area contributed by atoms with Crippen LogP contribution < -0.4 is 10.6 Å². The monoisotopic (exact) mass is 285 g/mol. The number of carbonyl (C=O) groups is 2. The average Bonchev–Trinajstić information content (AvgIpc) is 2.36. The molecule has 1 amide bonds. The second-order valence-electron chi connectivity index (χ2n) is 5.81. The number of carboxylic acids is 1. The summed E-state index contributed by atoms with van der Waals surface area (Å²) in [5.41, 5.74) is 0. The van der Waals surface area contributed by atoms with Crippen molar-refractivity contribution in [3.63, 3.8) is 0 Å². The molecule has 3 N–H and O–H groups in total. The number of nitrogens with zero attached hydrogens (tertiary/aromatic N) is 1. The molecule has 116 valence electrons. The highest BCUT2D eigenvalue weighted by Gasteiger charge is 2.20. The van der Waals surface area contributed by atoms with Crippen molar-refractivity contribution < 1.29 is 14.7 Å². The van der Waals surface area contributed by atoms with Gasteiger partial charge in [-0.2, -0.15) is 0 Å². The van der Waals surface area contributed by atoms with Gasteiger partial charge in [0.15, 0.2) is 0 Å². The number of piperidine rings is 1. The maximum absolute atomic E-state index is 11.6. The quantitative estimate of drug-likeness (QED) is 0.597. The minimum Gasteiger partial charge on any atom is -0.480 e. The second-order valence-corrected chi connectivity index (χ2v) is 5.81. The molecule has 1 unspecified atom stereocenters. The average molecular weight is 285 g/mol. The minimum absolute atomic E-state index is 0.0211. The van der Waals surface area contributed by atoms with E-state index in [2.05, 4.69) is 15.5 Å². The zero-order valence-electron chi connectivity index (χ0n) is 12.5. The summed E-state index contributed by atoms with van der Waals surface area (Å²) in [7, 11) is 0. The van der Waals surface area contributed by atoms with E-state index in [1.165, 1.54) is 0 Å². The van der Waals surface area contributed by atoms with Gasteiger partial charge in [-0.25, -0.2) is 0 Å². The van der Waals surface area contributed by atoms with Gasteiger partial charge in [-0.15, -0.1) is 0 Å². The number of rotatable bonds is 8. The first-order valence-corrected chi connectivity index (χ1v) is 7.41. The molecule has 20 heavy (non-hydrogen) atoms. The van der Waals surface area contributed by atoms with E-state index in [-0.39, 0.29) is 18.5 Å². The van der Waals surface area contributed by atoms with Gasteiger partial charge in [0.25, 0.3) is 0 Å². The van der Waals surface area contributed by atoms with Crippen LogP contribution in [0.3, 0.4) is 0 Å². The molecule has 0 aromatic carbocycles. The third kappa shape index (κ3) is 7.45. The Morgan fingerprint density at radius 3 is 2.80 bits per heavy atom. The van der Waals surface area contributed by atoms with Crippen LogP contribution in [0.5, 0.6) is 0 Å². The maximum atomic E-state index is 11.6. The number of amides is 1. The van der Waals surface area contributed by atoms with Crippen LogP contribution in [0.25, 0.3) is 0 Å². The summed E-state index contributed by atoms with van der Waals surface area (Å²) >= 11 is 0. The topological polar surface area (TPSA) is 81.7 Å². The highest BCUT2D eigenvalue weighted by atomic mass is 16.4. The predicted molar refractivity (Wildman–Crippen MR) is 77.6 cm³/mol. The molecule has 6 heteroatoms. The minimum atomic E-state index is -0.817. The largest absolute Gasteiger partial charge is 0.480 e. The number of hydrogen-bond donors (Lipinski definition) is 3. The van der Waals surface area contributed by atoms with Crippen molar-refractivity contribution in [1.82, 2.24) is 15.5 Å². The zero-order chi connectivity index (χ0) is 15.0. The first-order valence-electron chi connectivity index (χ1n) is 7.41. The molecule has 6 nitrogen and oxygen atoms in total. The van der Waals surface area contributed by atoms with Crippen LogP contribution in [0.1, 0.15) is 33.1 Å². The number of hydrogen-bond acceptors (Lipinski definition) is 4. The van der Waals surface area contributed by atoms with E-state index in [0.29, 0.717) is 12.3 Å². The number of nitrogens with one attached hydrogen (secondary N) is 2. The van der Waals surface area contributed by atoms with Crippen molar-refractivity contribution in [2.24, 2.45) is 5.92 Å². The molecular weight excluding hydrogens is 258 g/mol. The Kier molecular flexibility index (Phi) is 7.54.